The molecule has 3 rings (SSSR count). The Labute approximate surface area is 147 Å². The van der Waals surface area contributed by atoms with Crippen LogP contribution in [0.1, 0.15) is 45.6 Å². The van der Waals surface area contributed by atoms with E-state index in [2.05, 4.69) is 26.8 Å². The summed E-state index contributed by atoms with van der Waals surface area (Å²) in [6.45, 7) is 6.61. The number of hydrogen-bond acceptors (Lipinski definition) is 4. The van der Waals surface area contributed by atoms with Gasteiger partial charge in [0.05, 0.1) is 22.2 Å². The number of rotatable bonds is 2. The molecule has 25 heavy (non-hydrogen) atoms. The SMILES string of the molecule is CN1C(=O)COc2cc([N+](=O)[O-])c(C3=CCC(C(C)(C)C)CC3)cc21. The summed E-state index contributed by atoms with van der Waals surface area (Å²) in [7, 11) is 1.67. The standard InChI is InChI=1S/C19H24N2O4/c1-19(2,3)13-7-5-12(6-8-13)14-9-16-17(10-15(14)21(23)24)25-11-18(22)20(16)4/h5,9-10,13H,6-8,11H2,1-4H3. The maximum atomic E-state index is 11.9. The van der Waals surface area contributed by atoms with Crippen molar-refractivity contribution < 1.29 is 14.5 Å². The number of nitro benzene ring substituents is 1. The van der Waals surface area contributed by atoms with Crippen LogP contribution in [0.25, 0.3) is 5.57 Å². The first kappa shape index (κ1) is 17.5. The first-order valence-corrected chi connectivity index (χ1v) is 8.59. The molecule has 6 heteroatoms. The molecule has 134 valence electrons. The van der Waals surface area contributed by atoms with Crippen LogP contribution in [0.3, 0.4) is 0 Å². The number of carbonyl (C=O) groups excluding carboxylic acids is 1. The van der Waals surface area contributed by atoms with Crippen LogP contribution in [-0.4, -0.2) is 24.5 Å². The molecule has 2 aliphatic rings. The van der Waals surface area contributed by atoms with Crippen LogP contribution in [0.2, 0.25) is 0 Å². The number of ether oxygens (including phenoxy) is 1. The topological polar surface area (TPSA) is 72.7 Å². The van der Waals surface area contributed by atoms with Gasteiger partial charge in [-0.2, -0.15) is 0 Å². The van der Waals surface area contributed by atoms with E-state index >= 15 is 0 Å². The lowest BCUT2D eigenvalue weighted by Crippen LogP contribution is -2.35. The maximum absolute atomic E-state index is 11.9. The van der Waals surface area contributed by atoms with E-state index < -0.39 is 0 Å². The number of nitro groups is 1. The normalized spacial score (nSPS) is 20.6. The summed E-state index contributed by atoms with van der Waals surface area (Å²) in [5.41, 5.74) is 2.45. The monoisotopic (exact) mass is 344 g/mol. The Bertz CT molecular complexity index is 761. The van der Waals surface area contributed by atoms with Crippen molar-refractivity contribution in [1.82, 2.24) is 0 Å². The molecule has 1 aliphatic carbocycles. The summed E-state index contributed by atoms with van der Waals surface area (Å²) in [6, 6.07) is 3.18. The third-order valence-electron chi connectivity index (χ3n) is 5.34. The maximum Gasteiger partial charge on any atom is 0.280 e. The lowest BCUT2D eigenvalue weighted by atomic mass is 9.72. The van der Waals surface area contributed by atoms with Gasteiger partial charge in [-0.3, -0.25) is 14.9 Å². The molecule has 0 fully saturated rings. The Balaban J connectivity index is 2.02. The summed E-state index contributed by atoms with van der Waals surface area (Å²) in [4.78, 5) is 24.6. The van der Waals surface area contributed by atoms with Crippen LogP contribution < -0.4 is 9.64 Å². The molecule has 0 spiro atoms. The van der Waals surface area contributed by atoms with Gasteiger partial charge in [0.25, 0.3) is 11.6 Å². The fourth-order valence-electron chi connectivity index (χ4n) is 3.58. The van der Waals surface area contributed by atoms with Gasteiger partial charge >= 0.3 is 0 Å². The van der Waals surface area contributed by atoms with Crippen molar-refractivity contribution in [3.63, 3.8) is 0 Å². The zero-order valence-electron chi connectivity index (χ0n) is 15.2. The molecule has 0 N–H and O–H groups in total. The number of amides is 1. The largest absolute Gasteiger partial charge is 0.481 e. The summed E-state index contributed by atoms with van der Waals surface area (Å²) in [5.74, 6) is 0.805. The van der Waals surface area contributed by atoms with Crippen LogP contribution in [-0.2, 0) is 4.79 Å². The summed E-state index contributed by atoms with van der Waals surface area (Å²) in [6.07, 6.45) is 4.85. The molecule has 1 atom stereocenters. The number of anilines is 1. The fraction of sp³-hybridized carbons (Fsp3) is 0.526. The molecule has 1 aromatic carbocycles. The molecule has 1 aromatic rings. The number of carbonyl (C=O) groups is 1. The second kappa shape index (κ2) is 6.17. The summed E-state index contributed by atoms with van der Waals surface area (Å²) in [5, 5.41) is 11.6. The minimum absolute atomic E-state index is 0.0435. The van der Waals surface area contributed by atoms with Gasteiger partial charge in [0.2, 0.25) is 0 Å². The van der Waals surface area contributed by atoms with Gasteiger partial charge < -0.3 is 9.64 Å². The third kappa shape index (κ3) is 3.25. The van der Waals surface area contributed by atoms with E-state index in [1.54, 1.807) is 13.1 Å². The Hall–Kier alpha value is -2.37. The predicted octanol–water partition coefficient (Wildman–Crippen LogP) is 4.18. The van der Waals surface area contributed by atoms with E-state index in [1.807, 2.05) is 0 Å². The Morgan fingerprint density at radius 2 is 2.04 bits per heavy atom. The van der Waals surface area contributed by atoms with Crippen molar-refractivity contribution >= 4 is 22.9 Å². The molecule has 1 aliphatic heterocycles. The number of allylic oxidation sites excluding steroid dienone is 2. The summed E-state index contributed by atoms with van der Waals surface area (Å²) >= 11 is 0. The molecule has 0 saturated carbocycles. The second-order valence-electron chi connectivity index (χ2n) is 7.90. The van der Waals surface area contributed by atoms with Crippen molar-refractivity contribution in [3.05, 3.63) is 33.9 Å². The number of nitrogens with zero attached hydrogens (tertiary/aromatic N) is 2. The quantitative estimate of drug-likeness (QED) is 0.596. The average Bonchev–Trinajstić information content (AvgIpc) is 2.56. The van der Waals surface area contributed by atoms with E-state index in [9.17, 15) is 14.9 Å². The summed E-state index contributed by atoms with van der Waals surface area (Å²) < 4.78 is 5.39. The molecule has 0 aromatic heterocycles. The van der Waals surface area contributed by atoms with Crippen molar-refractivity contribution in [3.8, 4) is 5.75 Å². The van der Waals surface area contributed by atoms with E-state index in [1.165, 1.54) is 11.0 Å². The van der Waals surface area contributed by atoms with Crippen molar-refractivity contribution in [2.45, 2.75) is 40.0 Å². The zero-order valence-corrected chi connectivity index (χ0v) is 15.2. The predicted molar refractivity (Wildman–Crippen MR) is 96.8 cm³/mol. The van der Waals surface area contributed by atoms with Crippen LogP contribution >= 0.6 is 0 Å². The first-order chi connectivity index (χ1) is 11.7. The number of benzene rings is 1. The molecule has 6 nitrogen and oxygen atoms in total. The average molecular weight is 344 g/mol. The lowest BCUT2D eigenvalue weighted by Gasteiger charge is -2.33. The Morgan fingerprint density at radius 1 is 1.32 bits per heavy atom. The van der Waals surface area contributed by atoms with Crippen molar-refractivity contribution in [2.24, 2.45) is 11.3 Å². The van der Waals surface area contributed by atoms with Gasteiger partial charge in [0, 0.05) is 7.05 Å². The highest BCUT2D eigenvalue weighted by Gasteiger charge is 2.31. The minimum atomic E-state index is -0.369. The number of hydrogen-bond donors (Lipinski definition) is 0. The fourth-order valence-corrected chi connectivity index (χ4v) is 3.58. The highest BCUT2D eigenvalue weighted by Crippen LogP contribution is 2.44. The second-order valence-corrected chi connectivity index (χ2v) is 7.90. The highest BCUT2D eigenvalue weighted by molar-refractivity contribution is 5.98. The zero-order chi connectivity index (χ0) is 18.4. The molecule has 0 radical (unpaired) electrons. The van der Waals surface area contributed by atoms with E-state index in [4.69, 9.17) is 4.74 Å². The molecule has 0 bridgehead atoms. The Morgan fingerprint density at radius 3 is 2.60 bits per heavy atom. The van der Waals surface area contributed by atoms with Crippen LogP contribution in [0.15, 0.2) is 18.2 Å². The number of fused-ring (bicyclic) bond motifs is 1. The third-order valence-corrected chi connectivity index (χ3v) is 5.34. The van der Waals surface area contributed by atoms with Gasteiger partial charge in [0.1, 0.15) is 0 Å². The van der Waals surface area contributed by atoms with Gasteiger partial charge in [-0.05, 0) is 42.2 Å². The first-order valence-electron chi connectivity index (χ1n) is 8.59. The van der Waals surface area contributed by atoms with Crippen LogP contribution in [0, 0.1) is 21.4 Å². The molecule has 1 unspecified atom stereocenters. The molecular formula is C19H24N2O4. The molecular weight excluding hydrogens is 320 g/mol. The van der Waals surface area contributed by atoms with Gasteiger partial charge in [0.15, 0.2) is 12.4 Å². The Kier molecular flexibility index (Phi) is 4.31. The smallest absolute Gasteiger partial charge is 0.280 e. The lowest BCUT2D eigenvalue weighted by molar-refractivity contribution is -0.385. The van der Waals surface area contributed by atoms with E-state index in [0.717, 1.165) is 24.8 Å². The minimum Gasteiger partial charge on any atom is -0.481 e. The van der Waals surface area contributed by atoms with Gasteiger partial charge in [-0.25, -0.2) is 0 Å². The van der Waals surface area contributed by atoms with Crippen LogP contribution in [0.5, 0.6) is 5.75 Å². The molecule has 1 heterocycles. The van der Waals surface area contributed by atoms with Crippen molar-refractivity contribution in [2.75, 3.05) is 18.6 Å². The molecule has 1 amide bonds. The van der Waals surface area contributed by atoms with Gasteiger partial charge in [-0.15, -0.1) is 0 Å². The van der Waals surface area contributed by atoms with E-state index in [-0.39, 0.29) is 28.5 Å². The number of likely N-dealkylation sites (N-methyl/N-ethyl adjacent to an activating group) is 1. The highest BCUT2D eigenvalue weighted by atomic mass is 16.6. The van der Waals surface area contributed by atoms with Crippen molar-refractivity contribution in [1.29, 1.82) is 0 Å². The van der Waals surface area contributed by atoms with E-state index in [0.29, 0.717) is 22.9 Å². The van der Waals surface area contributed by atoms with Crippen LogP contribution in [0.4, 0.5) is 11.4 Å². The van der Waals surface area contributed by atoms with Gasteiger partial charge in [-0.1, -0.05) is 26.8 Å². The molecule has 0 saturated heterocycles.